The van der Waals surface area contributed by atoms with Crippen molar-refractivity contribution in [1.29, 1.82) is 0 Å². The first-order valence-electron chi connectivity index (χ1n) is 5.61. The summed E-state index contributed by atoms with van der Waals surface area (Å²) in [5.74, 6) is -0.682. The van der Waals surface area contributed by atoms with Gasteiger partial charge in [-0.3, -0.25) is 14.5 Å². The van der Waals surface area contributed by atoms with Crippen molar-refractivity contribution in [2.24, 2.45) is 0 Å². The van der Waals surface area contributed by atoms with E-state index < -0.39 is 5.97 Å². The number of aliphatic hydroxyl groups is 2. The molecule has 0 rings (SSSR count). The van der Waals surface area contributed by atoms with Gasteiger partial charge in [-0.05, 0) is 6.42 Å². The van der Waals surface area contributed by atoms with Crippen LogP contribution in [0.4, 0.5) is 0 Å². The lowest BCUT2D eigenvalue weighted by molar-refractivity contribution is -0.178. The van der Waals surface area contributed by atoms with Crippen molar-refractivity contribution in [3.63, 3.8) is 0 Å². The van der Waals surface area contributed by atoms with E-state index in [1.165, 1.54) is 0 Å². The number of unbranched alkanes of at least 4 members (excludes halogenated alkanes) is 2. The average molecular weight is 253 g/mol. The second-order valence-corrected chi connectivity index (χ2v) is 3.08. The highest BCUT2D eigenvalue weighted by molar-refractivity contribution is 5.66. The molecule has 4 N–H and O–H groups in total. The Morgan fingerprint density at radius 3 is 2.00 bits per heavy atom. The summed E-state index contributed by atoms with van der Waals surface area (Å²) < 4.78 is 0. The molecule has 0 aromatic carbocycles. The highest BCUT2D eigenvalue weighted by Crippen LogP contribution is 1.97. The van der Waals surface area contributed by atoms with Crippen molar-refractivity contribution in [3.05, 3.63) is 0 Å². The van der Waals surface area contributed by atoms with Crippen molar-refractivity contribution < 1.29 is 29.8 Å². The Balaban J connectivity index is 0. The molecule has 0 saturated heterocycles. The van der Waals surface area contributed by atoms with Crippen molar-refractivity contribution in [2.75, 3.05) is 26.4 Å². The van der Waals surface area contributed by atoms with Crippen LogP contribution in [0.2, 0.25) is 0 Å². The Hall–Kier alpha value is -0.730. The topological polar surface area (TPSA) is 108 Å². The molecule has 0 amide bonds. The van der Waals surface area contributed by atoms with Gasteiger partial charge in [0.15, 0.2) is 0 Å². The molecule has 17 heavy (non-hydrogen) atoms. The predicted molar refractivity (Wildman–Crippen MR) is 61.0 cm³/mol. The fraction of sp³-hybridized carbons (Fsp3) is 0.900. The van der Waals surface area contributed by atoms with Crippen LogP contribution in [0.3, 0.4) is 0 Å². The number of hydrogen-bond donors (Lipinski definition) is 4. The summed E-state index contributed by atoms with van der Waals surface area (Å²) in [7, 11) is 0. The lowest BCUT2D eigenvalue weighted by atomic mass is 10.2. The van der Waals surface area contributed by atoms with Crippen molar-refractivity contribution in [1.82, 2.24) is 5.64 Å². The highest BCUT2D eigenvalue weighted by Gasteiger charge is 1.92. The summed E-state index contributed by atoms with van der Waals surface area (Å²) in [5.41, 5.74) is 2.07. The molecule has 7 heteroatoms. The third kappa shape index (κ3) is 25.5. The molecular formula is C10H23NO6. The van der Waals surface area contributed by atoms with Crippen molar-refractivity contribution >= 4 is 5.97 Å². The molecule has 0 saturated carbocycles. The fourth-order valence-corrected chi connectivity index (χ4v) is 0.743. The Labute approximate surface area is 101 Å². The molecule has 0 aliphatic rings. The minimum absolute atomic E-state index is 0.0600. The summed E-state index contributed by atoms with van der Waals surface area (Å²) in [6.45, 7) is 2.28. The molecule has 0 radical (unpaired) electrons. The van der Waals surface area contributed by atoms with Crippen LogP contribution < -0.4 is 5.64 Å². The smallest absolute Gasteiger partial charge is 0.303 e. The van der Waals surface area contributed by atoms with Crippen LogP contribution in [0.15, 0.2) is 0 Å². The number of nitrogens with one attached hydrogen (secondary N) is 1. The minimum atomic E-state index is -0.682. The van der Waals surface area contributed by atoms with Gasteiger partial charge in [0.1, 0.15) is 0 Å². The van der Waals surface area contributed by atoms with E-state index in [1.807, 2.05) is 0 Å². The molecule has 0 atom stereocenters. The van der Waals surface area contributed by atoms with Gasteiger partial charge in [0.25, 0.3) is 0 Å². The maximum Gasteiger partial charge on any atom is 0.303 e. The van der Waals surface area contributed by atoms with Gasteiger partial charge in [0, 0.05) is 6.42 Å². The van der Waals surface area contributed by atoms with Gasteiger partial charge in [-0.15, -0.1) is 0 Å². The second kappa shape index (κ2) is 17.7. The summed E-state index contributed by atoms with van der Waals surface area (Å²) in [4.78, 5) is 18.8. The average Bonchev–Trinajstić information content (AvgIpc) is 2.30. The summed E-state index contributed by atoms with van der Waals surface area (Å²) >= 11 is 0. The van der Waals surface area contributed by atoms with E-state index in [0.29, 0.717) is 6.42 Å². The van der Waals surface area contributed by atoms with Crippen molar-refractivity contribution in [3.8, 4) is 0 Å². The zero-order valence-electron chi connectivity index (χ0n) is 10.2. The Bertz CT molecular complexity index is 150. The van der Waals surface area contributed by atoms with Gasteiger partial charge in [-0.2, -0.15) is 0 Å². The zero-order valence-corrected chi connectivity index (χ0v) is 10.2. The van der Waals surface area contributed by atoms with Crippen LogP contribution in [-0.2, 0) is 14.5 Å². The largest absolute Gasteiger partial charge is 0.481 e. The zero-order chi connectivity index (χ0) is 13.4. The predicted octanol–water partition coefficient (Wildman–Crippen LogP) is 0.0751. The van der Waals surface area contributed by atoms with E-state index in [2.05, 4.69) is 22.2 Å². The molecule has 0 aliphatic heterocycles. The van der Waals surface area contributed by atoms with E-state index in [-0.39, 0.29) is 26.4 Å². The number of hydrogen-bond acceptors (Lipinski definition) is 6. The van der Waals surface area contributed by atoms with Gasteiger partial charge in [0.2, 0.25) is 0 Å². The van der Waals surface area contributed by atoms with E-state index in [1.54, 1.807) is 0 Å². The molecule has 104 valence electrons. The Kier molecular flexibility index (Phi) is 19.4. The summed E-state index contributed by atoms with van der Waals surface area (Å²) in [6, 6.07) is 0. The van der Waals surface area contributed by atoms with Crippen LogP contribution in [0, 0.1) is 0 Å². The molecule has 0 bridgehead atoms. The summed E-state index contributed by atoms with van der Waals surface area (Å²) in [6.07, 6.45) is 3.28. The fourth-order valence-electron chi connectivity index (χ4n) is 0.743. The highest BCUT2D eigenvalue weighted by atomic mass is 16.9. The van der Waals surface area contributed by atoms with Crippen LogP contribution in [0.1, 0.15) is 32.6 Å². The molecule has 0 fully saturated rings. The standard InChI is InChI=1S/C6H12O2.C4H11NO4/c1-2-3-4-5-6(7)8;6-1-3-8-5-9-4-2-7/h2-5H2,1H3,(H,7,8);5-7H,1-4H2. The number of aliphatic hydroxyl groups excluding tert-OH is 2. The number of carboxylic acid groups (broad SMARTS) is 1. The van der Waals surface area contributed by atoms with Gasteiger partial charge in [-0.25, -0.2) is 0 Å². The van der Waals surface area contributed by atoms with Gasteiger partial charge >= 0.3 is 5.97 Å². The SMILES string of the molecule is CCCCCC(=O)O.OCCONOCCO. The minimum Gasteiger partial charge on any atom is -0.481 e. The first-order valence-corrected chi connectivity index (χ1v) is 5.61. The Morgan fingerprint density at radius 1 is 1.12 bits per heavy atom. The maximum atomic E-state index is 9.87. The Morgan fingerprint density at radius 2 is 1.65 bits per heavy atom. The van der Waals surface area contributed by atoms with E-state index >= 15 is 0 Å². The third-order valence-electron chi connectivity index (χ3n) is 1.50. The molecule has 0 aromatic rings. The number of carboxylic acids is 1. The monoisotopic (exact) mass is 253 g/mol. The first-order chi connectivity index (χ1) is 8.18. The molecular weight excluding hydrogens is 230 g/mol. The van der Waals surface area contributed by atoms with Crippen LogP contribution in [0.5, 0.6) is 0 Å². The molecule has 0 aromatic heterocycles. The second-order valence-electron chi connectivity index (χ2n) is 3.08. The number of carbonyl (C=O) groups is 1. The summed E-state index contributed by atoms with van der Waals surface area (Å²) in [5, 5.41) is 24.4. The van der Waals surface area contributed by atoms with Gasteiger partial charge in [0.05, 0.1) is 26.4 Å². The van der Waals surface area contributed by atoms with Crippen LogP contribution in [0.25, 0.3) is 0 Å². The lowest BCUT2D eigenvalue weighted by Gasteiger charge is -2.01. The number of aliphatic carboxylic acids is 1. The number of rotatable bonds is 10. The lowest BCUT2D eigenvalue weighted by Crippen LogP contribution is -2.19. The van der Waals surface area contributed by atoms with Crippen LogP contribution in [-0.4, -0.2) is 47.7 Å². The maximum absolute atomic E-state index is 9.87. The van der Waals surface area contributed by atoms with Crippen LogP contribution >= 0.6 is 0 Å². The molecule has 0 unspecified atom stereocenters. The first kappa shape index (κ1) is 18.6. The van der Waals surface area contributed by atoms with Gasteiger partial charge < -0.3 is 15.3 Å². The van der Waals surface area contributed by atoms with E-state index in [0.717, 1.165) is 19.3 Å². The molecule has 0 aliphatic carbocycles. The van der Waals surface area contributed by atoms with E-state index in [4.69, 9.17) is 15.3 Å². The van der Waals surface area contributed by atoms with E-state index in [9.17, 15) is 4.79 Å². The normalized spacial score (nSPS) is 9.59. The quantitative estimate of drug-likeness (QED) is 0.322. The molecule has 0 spiro atoms. The van der Waals surface area contributed by atoms with Crippen molar-refractivity contribution in [2.45, 2.75) is 32.6 Å². The molecule has 7 nitrogen and oxygen atoms in total. The van der Waals surface area contributed by atoms with Gasteiger partial charge in [-0.1, -0.05) is 25.4 Å². The third-order valence-corrected chi connectivity index (χ3v) is 1.50. The molecule has 0 heterocycles.